The van der Waals surface area contributed by atoms with Crippen molar-refractivity contribution in [1.82, 2.24) is 15.1 Å². The standard InChI is InChI=1S/C16H29N3O/c1-13(16(20)19-8-4-2-3-5-9-19)17-15-12-18-10-6-14(15)7-11-18/h13-15,17H,2-12H2,1H3. The van der Waals surface area contributed by atoms with Gasteiger partial charge in [-0.2, -0.15) is 0 Å². The summed E-state index contributed by atoms with van der Waals surface area (Å²) < 4.78 is 0. The van der Waals surface area contributed by atoms with Crippen LogP contribution in [0.4, 0.5) is 0 Å². The zero-order chi connectivity index (χ0) is 13.9. The van der Waals surface area contributed by atoms with E-state index in [9.17, 15) is 4.79 Å². The van der Waals surface area contributed by atoms with Crippen molar-refractivity contribution in [2.75, 3.05) is 32.7 Å². The van der Waals surface area contributed by atoms with E-state index in [0.717, 1.165) is 25.6 Å². The lowest BCUT2D eigenvalue weighted by atomic mass is 9.83. The average Bonchev–Trinajstić information content (AvgIpc) is 2.76. The van der Waals surface area contributed by atoms with Crippen LogP contribution in [0, 0.1) is 5.92 Å². The molecular weight excluding hydrogens is 250 g/mol. The first kappa shape index (κ1) is 14.3. The number of fused-ring (bicyclic) bond motifs is 3. The Morgan fingerprint density at radius 2 is 1.70 bits per heavy atom. The van der Waals surface area contributed by atoms with Gasteiger partial charge in [-0.15, -0.1) is 0 Å². The number of likely N-dealkylation sites (tertiary alicyclic amines) is 1. The smallest absolute Gasteiger partial charge is 0.239 e. The number of hydrogen-bond donors (Lipinski definition) is 1. The highest BCUT2D eigenvalue weighted by atomic mass is 16.2. The molecule has 4 nitrogen and oxygen atoms in total. The number of carbonyl (C=O) groups is 1. The molecule has 4 saturated heterocycles. The minimum Gasteiger partial charge on any atom is -0.341 e. The SMILES string of the molecule is CC(NC1CN2CCC1CC2)C(=O)N1CCCCCC1. The monoisotopic (exact) mass is 279 g/mol. The lowest BCUT2D eigenvalue weighted by Crippen LogP contribution is -2.60. The summed E-state index contributed by atoms with van der Waals surface area (Å²) in [6.45, 7) is 7.65. The van der Waals surface area contributed by atoms with Gasteiger partial charge >= 0.3 is 0 Å². The lowest BCUT2D eigenvalue weighted by molar-refractivity contribution is -0.133. The molecule has 20 heavy (non-hydrogen) atoms. The fraction of sp³-hybridized carbons (Fsp3) is 0.938. The van der Waals surface area contributed by atoms with Crippen LogP contribution in [0.2, 0.25) is 0 Å². The predicted octanol–water partition coefficient (Wildman–Crippen LogP) is 1.46. The second-order valence-corrected chi connectivity index (χ2v) is 6.87. The van der Waals surface area contributed by atoms with E-state index < -0.39 is 0 Å². The zero-order valence-electron chi connectivity index (χ0n) is 12.8. The van der Waals surface area contributed by atoms with Crippen LogP contribution in [0.5, 0.6) is 0 Å². The lowest BCUT2D eigenvalue weighted by Gasteiger charge is -2.46. The van der Waals surface area contributed by atoms with E-state index in [1.807, 2.05) is 0 Å². The van der Waals surface area contributed by atoms with Gasteiger partial charge in [0.15, 0.2) is 0 Å². The number of nitrogens with one attached hydrogen (secondary N) is 1. The Morgan fingerprint density at radius 1 is 1.05 bits per heavy atom. The Hall–Kier alpha value is -0.610. The van der Waals surface area contributed by atoms with Gasteiger partial charge in [-0.25, -0.2) is 0 Å². The van der Waals surface area contributed by atoms with Crippen LogP contribution in [-0.2, 0) is 4.79 Å². The molecule has 0 spiro atoms. The van der Waals surface area contributed by atoms with Gasteiger partial charge < -0.3 is 15.1 Å². The maximum atomic E-state index is 12.6. The highest BCUT2D eigenvalue weighted by molar-refractivity contribution is 5.81. The van der Waals surface area contributed by atoms with Crippen LogP contribution < -0.4 is 5.32 Å². The summed E-state index contributed by atoms with van der Waals surface area (Å²) in [4.78, 5) is 17.2. The molecule has 0 saturated carbocycles. The molecule has 2 unspecified atom stereocenters. The van der Waals surface area contributed by atoms with Crippen molar-refractivity contribution in [3.8, 4) is 0 Å². The molecule has 2 atom stereocenters. The summed E-state index contributed by atoms with van der Waals surface area (Å²) in [6, 6.07) is 0.516. The van der Waals surface area contributed by atoms with Gasteiger partial charge in [-0.1, -0.05) is 12.8 Å². The molecule has 114 valence electrons. The van der Waals surface area contributed by atoms with Crippen molar-refractivity contribution in [2.45, 2.75) is 57.5 Å². The Bertz CT molecular complexity index is 331. The average molecular weight is 279 g/mol. The first-order valence-electron chi connectivity index (χ1n) is 8.51. The van der Waals surface area contributed by atoms with Gasteiger partial charge in [0.05, 0.1) is 6.04 Å². The van der Waals surface area contributed by atoms with Gasteiger partial charge in [-0.05, 0) is 51.6 Å². The van der Waals surface area contributed by atoms with Gasteiger partial charge in [0, 0.05) is 25.7 Å². The van der Waals surface area contributed by atoms with Crippen LogP contribution in [0.15, 0.2) is 0 Å². The molecule has 2 bridgehead atoms. The summed E-state index contributed by atoms with van der Waals surface area (Å²) in [5.74, 6) is 1.11. The Kier molecular flexibility index (Phi) is 4.61. The van der Waals surface area contributed by atoms with E-state index in [1.54, 1.807) is 0 Å². The fourth-order valence-electron chi connectivity index (χ4n) is 4.11. The third kappa shape index (κ3) is 3.17. The Morgan fingerprint density at radius 3 is 2.25 bits per heavy atom. The second kappa shape index (κ2) is 6.44. The molecule has 4 fully saturated rings. The number of piperidine rings is 3. The number of carbonyl (C=O) groups excluding carboxylic acids is 1. The van der Waals surface area contributed by atoms with Crippen molar-refractivity contribution >= 4 is 5.91 Å². The molecule has 0 aliphatic carbocycles. The van der Waals surface area contributed by atoms with Crippen molar-refractivity contribution in [2.24, 2.45) is 5.92 Å². The highest BCUT2D eigenvalue weighted by Gasteiger charge is 2.35. The first-order valence-corrected chi connectivity index (χ1v) is 8.51. The summed E-state index contributed by atoms with van der Waals surface area (Å²) in [5, 5.41) is 3.63. The largest absolute Gasteiger partial charge is 0.341 e. The van der Waals surface area contributed by atoms with E-state index >= 15 is 0 Å². The topological polar surface area (TPSA) is 35.6 Å². The van der Waals surface area contributed by atoms with E-state index in [-0.39, 0.29) is 6.04 Å². The maximum absolute atomic E-state index is 12.6. The molecule has 0 aromatic heterocycles. The Balaban J connectivity index is 1.52. The van der Waals surface area contributed by atoms with E-state index in [0.29, 0.717) is 11.9 Å². The van der Waals surface area contributed by atoms with Crippen LogP contribution in [-0.4, -0.2) is 60.5 Å². The van der Waals surface area contributed by atoms with Crippen molar-refractivity contribution in [1.29, 1.82) is 0 Å². The number of nitrogens with zero attached hydrogens (tertiary/aromatic N) is 2. The minimum atomic E-state index is -0.0151. The van der Waals surface area contributed by atoms with Gasteiger partial charge in [0.25, 0.3) is 0 Å². The predicted molar refractivity (Wildman–Crippen MR) is 80.6 cm³/mol. The fourth-order valence-corrected chi connectivity index (χ4v) is 4.11. The highest BCUT2D eigenvalue weighted by Crippen LogP contribution is 2.27. The third-order valence-corrected chi connectivity index (χ3v) is 5.41. The maximum Gasteiger partial charge on any atom is 0.239 e. The van der Waals surface area contributed by atoms with Crippen LogP contribution in [0.3, 0.4) is 0 Å². The second-order valence-electron chi connectivity index (χ2n) is 6.87. The molecule has 4 heterocycles. The normalized spacial score (nSPS) is 35.6. The van der Waals surface area contributed by atoms with Crippen LogP contribution in [0.25, 0.3) is 0 Å². The summed E-state index contributed by atoms with van der Waals surface area (Å²) in [7, 11) is 0. The molecule has 0 aromatic rings. The van der Waals surface area contributed by atoms with E-state index in [2.05, 4.69) is 22.0 Å². The number of hydrogen-bond acceptors (Lipinski definition) is 3. The molecule has 0 aromatic carbocycles. The van der Waals surface area contributed by atoms with Gasteiger partial charge in [0.2, 0.25) is 5.91 Å². The van der Waals surface area contributed by atoms with Crippen LogP contribution in [0.1, 0.15) is 45.4 Å². The molecule has 1 N–H and O–H groups in total. The van der Waals surface area contributed by atoms with Crippen molar-refractivity contribution < 1.29 is 4.79 Å². The molecule has 1 amide bonds. The summed E-state index contributed by atoms with van der Waals surface area (Å²) >= 11 is 0. The molecule has 4 aliphatic rings. The molecule has 4 heteroatoms. The molecular formula is C16H29N3O. The summed E-state index contributed by atoms with van der Waals surface area (Å²) in [6.07, 6.45) is 7.54. The number of rotatable bonds is 3. The van der Waals surface area contributed by atoms with E-state index in [1.165, 1.54) is 51.6 Å². The quantitative estimate of drug-likeness (QED) is 0.849. The first-order chi connectivity index (χ1) is 9.74. The van der Waals surface area contributed by atoms with Crippen molar-refractivity contribution in [3.05, 3.63) is 0 Å². The van der Waals surface area contributed by atoms with Gasteiger partial charge in [0.1, 0.15) is 0 Å². The molecule has 0 radical (unpaired) electrons. The van der Waals surface area contributed by atoms with Gasteiger partial charge in [-0.3, -0.25) is 4.79 Å². The Labute approximate surface area is 122 Å². The number of amides is 1. The third-order valence-electron chi connectivity index (χ3n) is 5.41. The van der Waals surface area contributed by atoms with E-state index in [4.69, 9.17) is 0 Å². The van der Waals surface area contributed by atoms with Crippen molar-refractivity contribution in [3.63, 3.8) is 0 Å². The summed E-state index contributed by atoms with van der Waals surface area (Å²) in [5.41, 5.74) is 0. The minimum absolute atomic E-state index is 0.0151. The van der Waals surface area contributed by atoms with Crippen LogP contribution >= 0.6 is 0 Å². The zero-order valence-corrected chi connectivity index (χ0v) is 12.8. The molecule has 4 rings (SSSR count). The molecule has 4 aliphatic heterocycles.